The summed E-state index contributed by atoms with van der Waals surface area (Å²) in [5, 5.41) is 2.97. The smallest absolute Gasteiger partial charge is 0.224 e. The predicted octanol–water partition coefficient (Wildman–Crippen LogP) is 2.34. The van der Waals surface area contributed by atoms with Crippen LogP contribution in [0.15, 0.2) is 12.3 Å². The first-order valence-corrected chi connectivity index (χ1v) is 6.11. The van der Waals surface area contributed by atoms with Crippen LogP contribution in [0.3, 0.4) is 0 Å². The first kappa shape index (κ1) is 11.9. The Balaban J connectivity index is 2.48. The molecular weight excluding hydrogens is 214 g/mol. The van der Waals surface area contributed by atoms with Crippen LogP contribution in [-0.2, 0) is 4.79 Å². The molecule has 2 rings (SSSR count). The Kier molecular flexibility index (Phi) is 3.31. The number of nitrogens with one attached hydrogen (secondary N) is 1. The van der Waals surface area contributed by atoms with Crippen molar-refractivity contribution in [3.05, 3.63) is 17.8 Å². The van der Waals surface area contributed by atoms with Gasteiger partial charge in [-0.1, -0.05) is 0 Å². The highest BCUT2D eigenvalue weighted by atomic mass is 16.1. The Bertz CT molecular complexity index is 429. The van der Waals surface area contributed by atoms with E-state index in [4.69, 9.17) is 0 Å². The minimum atomic E-state index is 0.0887. The number of rotatable bonds is 1. The van der Waals surface area contributed by atoms with Gasteiger partial charge < -0.3 is 10.2 Å². The molecule has 0 unspecified atom stereocenters. The van der Waals surface area contributed by atoms with E-state index in [1.165, 1.54) is 0 Å². The summed E-state index contributed by atoms with van der Waals surface area (Å²) in [4.78, 5) is 18.4. The molecule has 1 aliphatic rings. The Morgan fingerprint density at radius 1 is 1.47 bits per heavy atom. The van der Waals surface area contributed by atoms with Crippen molar-refractivity contribution in [1.29, 1.82) is 0 Å². The SMILES string of the molecule is Cc1ccnc2c1NC(=O)CCCN2C(C)C. The number of fused-ring (bicyclic) bond motifs is 1. The van der Waals surface area contributed by atoms with Crippen molar-refractivity contribution in [2.24, 2.45) is 0 Å². The van der Waals surface area contributed by atoms with E-state index in [-0.39, 0.29) is 5.91 Å². The number of hydrogen-bond acceptors (Lipinski definition) is 3. The molecular formula is C13H19N3O. The molecule has 0 spiro atoms. The molecule has 0 saturated carbocycles. The molecule has 0 saturated heterocycles. The lowest BCUT2D eigenvalue weighted by Crippen LogP contribution is -2.35. The average Bonchev–Trinajstić information content (AvgIpc) is 2.24. The number of carbonyl (C=O) groups is 1. The zero-order chi connectivity index (χ0) is 12.4. The number of amides is 1. The summed E-state index contributed by atoms with van der Waals surface area (Å²) < 4.78 is 0. The number of aromatic nitrogens is 1. The van der Waals surface area contributed by atoms with Crippen molar-refractivity contribution < 1.29 is 4.79 Å². The summed E-state index contributed by atoms with van der Waals surface area (Å²) >= 11 is 0. The molecule has 17 heavy (non-hydrogen) atoms. The maximum absolute atomic E-state index is 11.7. The molecule has 1 aromatic rings. The van der Waals surface area contributed by atoms with E-state index in [2.05, 4.69) is 29.0 Å². The Labute approximate surface area is 102 Å². The van der Waals surface area contributed by atoms with Gasteiger partial charge in [0.2, 0.25) is 5.91 Å². The first-order valence-electron chi connectivity index (χ1n) is 6.11. The molecule has 1 aliphatic heterocycles. The van der Waals surface area contributed by atoms with E-state index in [1.807, 2.05) is 13.0 Å². The summed E-state index contributed by atoms with van der Waals surface area (Å²) in [6.07, 6.45) is 3.26. The van der Waals surface area contributed by atoms with Crippen molar-refractivity contribution >= 4 is 17.4 Å². The largest absolute Gasteiger partial charge is 0.352 e. The third-order valence-corrected chi connectivity index (χ3v) is 3.10. The number of nitrogens with zero attached hydrogens (tertiary/aromatic N) is 2. The first-order chi connectivity index (χ1) is 8.09. The Morgan fingerprint density at radius 2 is 2.24 bits per heavy atom. The number of pyridine rings is 1. The van der Waals surface area contributed by atoms with E-state index in [1.54, 1.807) is 6.20 Å². The van der Waals surface area contributed by atoms with Crippen LogP contribution >= 0.6 is 0 Å². The van der Waals surface area contributed by atoms with E-state index in [9.17, 15) is 4.79 Å². The van der Waals surface area contributed by atoms with Gasteiger partial charge in [0.15, 0.2) is 5.82 Å². The fraction of sp³-hybridized carbons (Fsp3) is 0.538. The number of anilines is 2. The van der Waals surface area contributed by atoms with Crippen molar-refractivity contribution in [1.82, 2.24) is 4.98 Å². The molecule has 0 radical (unpaired) electrons. The highest BCUT2D eigenvalue weighted by Crippen LogP contribution is 2.30. The van der Waals surface area contributed by atoms with Gasteiger partial charge >= 0.3 is 0 Å². The second kappa shape index (κ2) is 4.73. The van der Waals surface area contributed by atoms with Crippen LogP contribution in [0, 0.1) is 6.92 Å². The molecule has 92 valence electrons. The van der Waals surface area contributed by atoms with Crippen molar-refractivity contribution in [3.63, 3.8) is 0 Å². The fourth-order valence-corrected chi connectivity index (χ4v) is 2.14. The summed E-state index contributed by atoms with van der Waals surface area (Å²) in [5.74, 6) is 0.985. The minimum Gasteiger partial charge on any atom is -0.352 e. The van der Waals surface area contributed by atoms with Gasteiger partial charge in [0.25, 0.3) is 0 Å². The highest BCUT2D eigenvalue weighted by molar-refractivity contribution is 5.95. The lowest BCUT2D eigenvalue weighted by Gasteiger charge is -2.31. The maximum atomic E-state index is 11.7. The Hall–Kier alpha value is -1.58. The van der Waals surface area contributed by atoms with Gasteiger partial charge in [-0.2, -0.15) is 0 Å². The fourth-order valence-electron chi connectivity index (χ4n) is 2.14. The van der Waals surface area contributed by atoms with Gasteiger partial charge in [-0.15, -0.1) is 0 Å². The molecule has 4 nitrogen and oxygen atoms in total. The van der Waals surface area contributed by atoms with Crippen molar-refractivity contribution in [2.45, 2.75) is 39.7 Å². The van der Waals surface area contributed by atoms with Gasteiger partial charge in [-0.3, -0.25) is 4.79 Å². The molecule has 1 aromatic heterocycles. The lowest BCUT2D eigenvalue weighted by atomic mass is 10.1. The van der Waals surface area contributed by atoms with E-state index in [0.29, 0.717) is 12.5 Å². The van der Waals surface area contributed by atoms with Gasteiger partial charge in [-0.05, 0) is 38.8 Å². The van der Waals surface area contributed by atoms with Crippen LogP contribution in [-0.4, -0.2) is 23.5 Å². The summed E-state index contributed by atoms with van der Waals surface area (Å²) in [6, 6.07) is 2.32. The van der Waals surface area contributed by atoms with Crippen LogP contribution in [0.2, 0.25) is 0 Å². The summed E-state index contributed by atoms with van der Waals surface area (Å²) in [7, 11) is 0. The van der Waals surface area contributed by atoms with Crippen molar-refractivity contribution in [2.75, 3.05) is 16.8 Å². The second-order valence-corrected chi connectivity index (χ2v) is 4.77. The van der Waals surface area contributed by atoms with Crippen molar-refractivity contribution in [3.8, 4) is 0 Å². The predicted molar refractivity (Wildman–Crippen MR) is 69.3 cm³/mol. The molecule has 0 atom stereocenters. The normalized spacial score (nSPS) is 16.2. The van der Waals surface area contributed by atoms with Crippen LogP contribution in [0.4, 0.5) is 11.5 Å². The van der Waals surface area contributed by atoms with E-state index >= 15 is 0 Å². The zero-order valence-electron chi connectivity index (χ0n) is 10.7. The molecule has 0 fully saturated rings. The van der Waals surface area contributed by atoms with Gasteiger partial charge in [0.1, 0.15) is 0 Å². The molecule has 1 N–H and O–H groups in total. The highest BCUT2D eigenvalue weighted by Gasteiger charge is 2.21. The molecule has 0 aromatic carbocycles. The monoisotopic (exact) mass is 233 g/mol. The zero-order valence-corrected chi connectivity index (χ0v) is 10.7. The third kappa shape index (κ3) is 2.40. The van der Waals surface area contributed by atoms with Gasteiger partial charge in [-0.25, -0.2) is 4.98 Å². The molecule has 1 amide bonds. The quantitative estimate of drug-likeness (QED) is 0.809. The van der Waals surface area contributed by atoms with Crippen LogP contribution in [0.1, 0.15) is 32.3 Å². The van der Waals surface area contributed by atoms with Crippen LogP contribution in [0.5, 0.6) is 0 Å². The topological polar surface area (TPSA) is 45.2 Å². The summed E-state index contributed by atoms with van der Waals surface area (Å²) in [5.41, 5.74) is 1.93. The van der Waals surface area contributed by atoms with E-state index in [0.717, 1.165) is 30.0 Å². The molecule has 0 aliphatic carbocycles. The lowest BCUT2D eigenvalue weighted by molar-refractivity contribution is -0.116. The standard InChI is InChI=1S/C13H19N3O/c1-9(2)16-8-4-5-11(17)15-12-10(3)6-7-14-13(12)16/h6-7,9H,4-5,8H2,1-3H3,(H,15,17). The summed E-state index contributed by atoms with van der Waals surface area (Å²) in [6.45, 7) is 7.18. The van der Waals surface area contributed by atoms with E-state index < -0.39 is 0 Å². The maximum Gasteiger partial charge on any atom is 0.224 e. The number of aryl methyl sites for hydroxylation is 1. The number of hydrogen-bond donors (Lipinski definition) is 1. The average molecular weight is 233 g/mol. The molecule has 0 bridgehead atoms. The van der Waals surface area contributed by atoms with Crippen LogP contribution in [0.25, 0.3) is 0 Å². The third-order valence-electron chi connectivity index (χ3n) is 3.10. The van der Waals surface area contributed by atoms with Crippen LogP contribution < -0.4 is 10.2 Å². The van der Waals surface area contributed by atoms with Gasteiger partial charge in [0.05, 0.1) is 5.69 Å². The molecule has 4 heteroatoms. The minimum absolute atomic E-state index is 0.0887. The molecule has 2 heterocycles. The Morgan fingerprint density at radius 3 is 2.94 bits per heavy atom. The number of carbonyl (C=O) groups excluding carboxylic acids is 1. The van der Waals surface area contributed by atoms with Gasteiger partial charge in [0, 0.05) is 25.2 Å². The second-order valence-electron chi connectivity index (χ2n) is 4.77.